The standard InChI is InChI=1S/C10H11NO2/c1-10(9(12)13-2)5-3-8(7-11)4-6-10/h3-5H,6H2,1-2H3. The molecule has 0 N–H and O–H groups in total. The van der Waals surface area contributed by atoms with Crippen LogP contribution in [-0.2, 0) is 9.53 Å². The number of carbonyl (C=O) groups is 1. The van der Waals surface area contributed by atoms with Crippen molar-refractivity contribution in [2.45, 2.75) is 13.3 Å². The lowest BCUT2D eigenvalue weighted by Gasteiger charge is -2.23. The van der Waals surface area contributed by atoms with Gasteiger partial charge >= 0.3 is 5.97 Å². The maximum Gasteiger partial charge on any atom is 0.315 e. The maximum absolute atomic E-state index is 11.3. The second-order valence-corrected chi connectivity index (χ2v) is 3.22. The Balaban J connectivity index is 2.82. The smallest absolute Gasteiger partial charge is 0.315 e. The summed E-state index contributed by atoms with van der Waals surface area (Å²) in [4.78, 5) is 11.3. The van der Waals surface area contributed by atoms with E-state index in [4.69, 9.17) is 5.26 Å². The van der Waals surface area contributed by atoms with Crippen molar-refractivity contribution < 1.29 is 9.53 Å². The molecule has 1 aliphatic carbocycles. The number of ether oxygens (including phenoxy) is 1. The first-order valence-corrected chi connectivity index (χ1v) is 4.00. The molecule has 1 atom stereocenters. The molecular weight excluding hydrogens is 166 g/mol. The van der Waals surface area contributed by atoms with Crippen LogP contribution in [-0.4, -0.2) is 13.1 Å². The lowest BCUT2D eigenvalue weighted by Crippen LogP contribution is -2.27. The monoisotopic (exact) mass is 177 g/mol. The second-order valence-electron chi connectivity index (χ2n) is 3.22. The predicted molar refractivity (Wildman–Crippen MR) is 47.6 cm³/mol. The number of methoxy groups -OCH3 is 1. The zero-order chi connectivity index (χ0) is 9.90. The highest BCUT2D eigenvalue weighted by atomic mass is 16.5. The number of rotatable bonds is 1. The van der Waals surface area contributed by atoms with E-state index >= 15 is 0 Å². The summed E-state index contributed by atoms with van der Waals surface area (Å²) in [7, 11) is 1.37. The molecule has 0 spiro atoms. The van der Waals surface area contributed by atoms with Crippen LogP contribution in [0, 0.1) is 16.7 Å². The van der Waals surface area contributed by atoms with Gasteiger partial charge in [0.05, 0.1) is 18.6 Å². The minimum absolute atomic E-state index is 0.267. The number of carbonyl (C=O) groups excluding carboxylic acids is 1. The van der Waals surface area contributed by atoms with Gasteiger partial charge in [-0.25, -0.2) is 0 Å². The summed E-state index contributed by atoms with van der Waals surface area (Å²) < 4.78 is 4.66. The number of nitriles is 1. The molecule has 1 rings (SSSR count). The molecule has 0 saturated carbocycles. The fourth-order valence-electron chi connectivity index (χ4n) is 1.20. The van der Waals surface area contributed by atoms with E-state index in [0.29, 0.717) is 12.0 Å². The summed E-state index contributed by atoms with van der Waals surface area (Å²) in [6, 6.07) is 2.02. The lowest BCUT2D eigenvalue weighted by molar-refractivity contribution is -0.148. The molecule has 0 aromatic heterocycles. The van der Waals surface area contributed by atoms with Crippen molar-refractivity contribution in [3.8, 4) is 6.07 Å². The van der Waals surface area contributed by atoms with Crippen LogP contribution >= 0.6 is 0 Å². The van der Waals surface area contributed by atoms with Crippen LogP contribution in [0.5, 0.6) is 0 Å². The molecule has 0 aliphatic heterocycles. The van der Waals surface area contributed by atoms with E-state index in [0.717, 1.165) is 0 Å². The largest absolute Gasteiger partial charge is 0.468 e. The van der Waals surface area contributed by atoms with E-state index in [1.54, 1.807) is 25.2 Å². The van der Waals surface area contributed by atoms with Crippen molar-refractivity contribution in [3.63, 3.8) is 0 Å². The third kappa shape index (κ3) is 1.78. The van der Waals surface area contributed by atoms with Crippen LogP contribution in [0.25, 0.3) is 0 Å². The van der Waals surface area contributed by atoms with Gasteiger partial charge in [-0.3, -0.25) is 4.79 Å². The molecule has 0 heterocycles. The Hall–Kier alpha value is -1.56. The molecule has 0 saturated heterocycles. The molecule has 0 amide bonds. The predicted octanol–water partition coefficient (Wildman–Crippen LogP) is 1.58. The highest BCUT2D eigenvalue weighted by Crippen LogP contribution is 2.30. The van der Waals surface area contributed by atoms with Gasteiger partial charge in [-0.05, 0) is 19.4 Å². The molecule has 0 aromatic carbocycles. The molecule has 3 nitrogen and oxygen atoms in total. The molecule has 1 aliphatic rings. The van der Waals surface area contributed by atoms with Crippen LogP contribution < -0.4 is 0 Å². The number of hydrogen-bond acceptors (Lipinski definition) is 3. The van der Waals surface area contributed by atoms with Crippen molar-refractivity contribution in [1.82, 2.24) is 0 Å². The Morgan fingerprint density at radius 2 is 2.46 bits per heavy atom. The molecular formula is C10H11NO2. The van der Waals surface area contributed by atoms with Gasteiger partial charge in [-0.15, -0.1) is 0 Å². The van der Waals surface area contributed by atoms with Crippen LogP contribution in [0.1, 0.15) is 13.3 Å². The van der Waals surface area contributed by atoms with Crippen molar-refractivity contribution in [3.05, 3.63) is 23.8 Å². The summed E-state index contributed by atoms with van der Waals surface area (Å²) in [6.45, 7) is 1.79. The molecule has 13 heavy (non-hydrogen) atoms. The van der Waals surface area contributed by atoms with E-state index in [9.17, 15) is 4.79 Å². The van der Waals surface area contributed by atoms with E-state index < -0.39 is 5.41 Å². The Morgan fingerprint density at radius 1 is 1.77 bits per heavy atom. The quantitative estimate of drug-likeness (QED) is 0.571. The normalized spacial score (nSPS) is 26.1. The first kappa shape index (κ1) is 9.53. The molecule has 3 heteroatoms. The molecule has 0 fully saturated rings. The van der Waals surface area contributed by atoms with Crippen molar-refractivity contribution in [2.24, 2.45) is 5.41 Å². The molecule has 0 radical (unpaired) electrons. The minimum atomic E-state index is -0.602. The van der Waals surface area contributed by atoms with Gasteiger partial charge in [0.15, 0.2) is 0 Å². The zero-order valence-electron chi connectivity index (χ0n) is 7.70. The average molecular weight is 177 g/mol. The SMILES string of the molecule is COC(=O)C1(C)C=CC(C#N)=CC1. The number of esters is 1. The summed E-state index contributed by atoms with van der Waals surface area (Å²) in [5, 5.41) is 8.57. The first-order chi connectivity index (χ1) is 6.12. The second kappa shape index (κ2) is 3.44. The van der Waals surface area contributed by atoms with Crippen molar-refractivity contribution >= 4 is 5.97 Å². The topological polar surface area (TPSA) is 50.1 Å². The maximum atomic E-state index is 11.3. The van der Waals surface area contributed by atoms with E-state index in [2.05, 4.69) is 4.74 Å². The van der Waals surface area contributed by atoms with Crippen LogP contribution in [0.4, 0.5) is 0 Å². The van der Waals surface area contributed by atoms with Crippen LogP contribution in [0.2, 0.25) is 0 Å². The zero-order valence-corrected chi connectivity index (χ0v) is 7.70. The van der Waals surface area contributed by atoms with Gasteiger partial charge in [-0.1, -0.05) is 12.2 Å². The average Bonchev–Trinajstić information content (AvgIpc) is 2.18. The number of hydrogen-bond donors (Lipinski definition) is 0. The molecule has 0 aromatic rings. The number of allylic oxidation sites excluding steroid dienone is 3. The van der Waals surface area contributed by atoms with Gasteiger partial charge in [0.25, 0.3) is 0 Å². The fourth-order valence-corrected chi connectivity index (χ4v) is 1.20. The summed E-state index contributed by atoms with van der Waals surface area (Å²) >= 11 is 0. The highest BCUT2D eigenvalue weighted by Gasteiger charge is 2.32. The molecule has 68 valence electrons. The van der Waals surface area contributed by atoms with Crippen LogP contribution in [0.3, 0.4) is 0 Å². The summed E-state index contributed by atoms with van der Waals surface area (Å²) in [5.74, 6) is -0.267. The third-order valence-electron chi connectivity index (χ3n) is 2.16. The molecule has 0 bridgehead atoms. The van der Waals surface area contributed by atoms with E-state index in [1.807, 2.05) is 6.07 Å². The van der Waals surface area contributed by atoms with Gasteiger partial charge < -0.3 is 4.74 Å². The van der Waals surface area contributed by atoms with E-state index in [1.165, 1.54) is 7.11 Å². The first-order valence-electron chi connectivity index (χ1n) is 4.00. The minimum Gasteiger partial charge on any atom is -0.468 e. The summed E-state index contributed by atoms with van der Waals surface area (Å²) in [6.07, 6.45) is 5.65. The Bertz CT molecular complexity index is 322. The third-order valence-corrected chi connectivity index (χ3v) is 2.16. The van der Waals surface area contributed by atoms with Gasteiger partial charge in [0.1, 0.15) is 0 Å². The Kier molecular flexibility index (Phi) is 2.52. The van der Waals surface area contributed by atoms with E-state index in [-0.39, 0.29) is 5.97 Å². The summed E-state index contributed by atoms with van der Waals surface area (Å²) in [5.41, 5.74) is -0.00359. The number of nitrogens with zero attached hydrogens (tertiary/aromatic N) is 1. The Morgan fingerprint density at radius 3 is 2.85 bits per heavy atom. The van der Waals surface area contributed by atoms with Gasteiger partial charge in [0.2, 0.25) is 0 Å². The lowest BCUT2D eigenvalue weighted by atomic mass is 9.82. The fraction of sp³-hybridized carbons (Fsp3) is 0.400. The highest BCUT2D eigenvalue weighted by molar-refractivity contribution is 5.79. The molecule has 1 unspecified atom stereocenters. The van der Waals surface area contributed by atoms with Crippen molar-refractivity contribution in [2.75, 3.05) is 7.11 Å². The van der Waals surface area contributed by atoms with Gasteiger partial charge in [0, 0.05) is 5.57 Å². The van der Waals surface area contributed by atoms with Gasteiger partial charge in [-0.2, -0.15) is 5.26 Å². The Labute approximate surface area is 77.3 Å². The van der Waals surface area contributed by atoms with Crippen molar-refractivity contribution in [1.29, 1.82) is 5.26 Å². The van der Waals surface area contributed by atoms with Crippen LogP contribution in [0.15, 0.2) is 23.8 Å².